The van der Waals surface area contributed by atoms with E-state index in [2.05, 4.69) is 21.2 Å². The fourth-order valence-corrected chi connectivity index (χ4v) is 2.98. The monoisotopic (exact) mass is 325 g/mol. The minimum absolute atomic E-state index is 0.328. The molecular weight excluding hydrogens is 314 g/mol. The number of para-hydroxylation sites is 1. The average Bonchev–Trinajstić information content (AvgIpc) is 2.81. The van der Waals surface area contributed by atoms with Crippen molar-refractivity contribution < 1.29 is 9.53 Å². The third kappa shape index (κ3) is 3.11. The number of esters is 1. The molecule has 0 radical (unpaired) electrons. The second kappa shape index (κ2) is 6.02. The number of methoxy groups -OCH3 is 1. The van der Waals surface area contributed by atoms with Crippen molar-refractivity contribution in [1.82, 2.24) is 0 Å². The minimum Gasteiger partial charge on any atom is -0.465 e. The van der Waals surface area contributed by atoms with E-state index in [0.29, 0.717) is 12.1 Å². The van der Waals surface area contributed by atoms with Crippen LogP contribution >= 0.6 is 27.3 Å². The summed E-state index contributed by atoms with van der Waals surface area (Å²) in [5.41, 5.74) is 1.34. The van der Waals surface area contributed by atoms with E-state index in [9.17, 15) is 4.79 Å². The molecule has 0 aliphatic heterocycles. The molecule has 0 saturated carbocycles. The standard InChI is InChI=1S/C13H12BrNO2S/c1-17-13(16)10-4-2-3-5-11(10)15-8-9-6-7-12(14)18-9/h2-7,15H,8H2,1H3. The van der Waals surface area contributed by atoms with Crippen molar-refractivity contribution in [3.63, 3.8) is 0 Å². The van der Waals surface area contributed by atoms with Gasteiger partial charge >= 0.3 is 5.97 Å². The van der Waals surface area contributed by atoms with E-state index in [1.54, 1.807) is 17.4 Å². The first kappa shape index (κ1) is 13.1. The van der Waals surface area contributed by atoms with E-state index in [0.717, 1.165) is 9.47 Å². The van der Waals surface area contributed by atoms with Gasteiger partial charge in [-0.1, -0.05) is 12.1 Å². The van der Waals surface area contributed by atoms with E-state index in [4.69, 9.17) is 4.74 Å². The van der Waals surface area contributed by atoms with Crippen LogP contribution in [0.1, 0.15) is 15.2 Å². The fraction of sp³-hybridized carbons (Fsp3) is 0.154. The van der Waals surface area contributed by atoms with E-state index >= 15 is 0 Å². The first-order valence-corrected chi connectivity index (χ1v) is 6.97. The average molecular weight is 326 g/mol. The lowest BCUT2D eigenvalue weighted by molar-refractivity contribution is 0.0602. The van der Waals surface area contributed by atoms with Gasteiger partial charge in [0.05, 0.1) is 16.5 Å². The maximum absolute atomic E-state index is 11.6. The molecule has 94 valence electrons. The number of anilines is 1. The molecule has 1 aromatic carbocycles. The first-order chi connectivity index (χ1) is 8.70. The Hall–Kier alpha value is -1.33. The Labute approximate surface area is 118 Å². The van der Waals surface area contributed by atoms with Crippen LogP contribution in [0.4, 0.5) is 5.69 Å². The SMILES string of the molecule is COC(=O)c1ccccc1NCc1ccc(Br)s1. The molecule has 0 aliphatic rings. The van der Waals surface area contributed by atoms with Gasteiger partial charge in [-0.05, 0) is 40.2 Å². The Morgan fingerprint density at radius 3 is 2.78 bits per heavy atom. The van der Waals surface area contributed by atoms with Gasteiger partial charge in [0, 0.05) is 17.1 Å². The molecular formula is C13H12BrNO2S. The van der Waals surface area contributed by atoms with Crippen molar-refractivity contribution in [2.75, 3.05) is 12.4 Å². The number of hydrogen-bond donors (Lipinski definition) is 1. The molecule has 0 amide bonds. The zero-order valence-electron chi connectivity index (χ0n) is 9.77. The van der Waals surface area contributed by atoms with Crippen LogP contribution in [-0.4, -0.2) is 13.1 Å². The van der Waals surface area contributed by atoms with Crippen LogP contribution in [0, 0.1) is 0 Å². The van der Waals surface area contributed by atoms with Crippen molar-refractivity contribution >= 4 is 38.9 Å². The molecule has 0 atom stereocenters. The topological polar surface area (TPSA) is 38.3 Å². The van der Waals surface area contributed by atoms with Gasteiger partial charge in [-0.15, -0.1) is 11.3 Å². The third-order valence-corrected chi connectivity index (χ3v) is 4.04. The van der Waals surface area contributed by atoms with Crippen molar-refractivity contribution in [2.45, 2.75) is 6.54 Å². The molecule has 1 N–H and O–H groups in total. The number of halogens is 1. The van der Waals surface area contributed by atoms with Gasteiger partial charge in [-0.3, -0.25) is 0 Å². The molecule has 1 aromatic heterocycles. The van der Waals surface area contributed by atoms with E-state index in [1.165, 1.54) is 12.0 Å². The zero-order valence-corrected chi connectivity index (χ0v) is 12.2. The largest absolute Gasteiger partial charge is 0.465 e. The van der Waals surface area contributed by atoms with Crippen LogP contribution in [0.5, 0.6) is 0 Å². The molecule has 18 heavy (non-hydrogen) atoms. The summed E-state index contributed by atoms with van der Waals surface area (Å²) in [5, 5.41) is 3.25. The summed E-state index contributed by atoms with van der Waals surface area (Å²) in [6.07, 6.45) is 0. The minimum atomic E-state index is -0.328. The van der Waals surface area contributed by atoms with Gasteiger partial charge in [0.15, 0.2) is 0 Å². The lowest BCUT2D eigenvalue weighted by Crippen LogP contribution is -2.07. The zero-order chi connectivity index (χ0) is 13.0. The molecule has 0 bridgehead atoms. The number of thiophene rings is 1. The molecule has 0 spiro atoms. The van der Waals surface area contributed by atoms with Crippen molar-refractivity contribution in [3.05, 3.63) is 50.6 Å². The van der Waals surface area contributed by atoms with E-state index < -0.39 is 0 Å². The summed E-state index contributed by atoms with van der Waals surface area (Å²) in [5.74, 6) is -0.328. The highest BCUT2D eigenvalue weighted by Gasteiger charge is 2.10. The predicted octanol–water partition coefficient (Wildman–Crippen LogP) is 3.91. The number of hydrogen-bond acceptors (Lipinski definition) is 4. The number of ether oxygens (including phenoxy) is 1. The smallest absolute Gasteiger partial charge is 0.339 e. The molecule has 0 aliphatic carbocycles. The van der Waals surface area contributed by atoms with Crippen molar-refractivity contribution in [2.24, 2.45) is 0 Å². The van der Waals surface area contributed by atoms with E-state index in [1.807, 2.05) is 30.3 Å². The summed E-state index contributed by atoms with van der Waals surface area (Å²) in [6, 6.07) is 11.4. The van der Waals surface area contributed by atoms with Gasteiger partial charge in [0.1, 0.15) is 0 Å². The number of benzene rings is 1. The predicted molar refractivity (Wildman–Crippen MR) is 77.1 cm³/mol. The van der Waals surface area contributed by atoms with Gasteiger partial charge in [0.2, 0.25) is 0 Å². The van der Waals surface area contributed by atoms with Gasteiger partial charge < -0.3 is 10.1 Å². The molecule has 0 fully saturated rings. The van der Waals surface area contributed by atoms with Crippen LogP contribution in [-0.2, 0) is 11.3 Å². The molecule has 2 rings (SSSR count). The number of rotatable bonds is 4. The van der Waals surface area contributed by atoms with Crippen LogP contribution < -0.4 is 5.32 Å². The summed E-state index contributed by atoms with van der Waals surface area (Å²) in [4.78, 5) is 12.8. The highest BCUT2D eigenvalue weighted by atomic mass is 79.9. The highest BCUT2D eigenvalue weighted by molar-refractivity contribution is 9.11. The molecule has 5 heteroatoms. The van der Waals surface area contributed by atoms with Gasteiger partial charge in [-0.25, -0.2) is 4.79 Å². The Morgan fingerprint density at radius 2 is 2.11 bits per heavy atom. The summed E-state index contributed by atoms with van der Waals surface area (Å²) >= 11 is 5.09. The first-order valence-electron chi connectivity index (χ1n) is 5.36. The van der Waals surface area contributed by atoms with Gasteiger partial charge in [0.25, 0.3) is 0 Å². The van der Waals surface area contributed by atoms with Crippen molar-refractivity contribution in [3.8, 4) is 0 Å². The number of carbonyl (C=O) groups excluding carboxylic acids is 1. The lowest BCUT2D eigenvalue weighted by Gasteiger charge is -2.09. The molecule has 0 unspecified atom stereocenters. The maximum atomic E-state index is 11.6. The summed E-state index contributed by atoms with van der Waals surface area (Å²) in [6.45, 7) is 0.685. The van der Waals surface area contributed by atoms with Crippen LogP contribution in [0.15, 0.2) is 40.2 Å². The number of carbonyl (C=O) groups is 1. The Bertz CT molecular complexity index is 553. The normalized spacial score (nSPS) is 10.1. The second-order valence-corrected chi connectivity index (χ2v) is 6.14. The van der Waals surface area contributed by atoms with Crippen LogP contribution in [0.3, 0.4) is 0 Å². The van der Waals surface area contributed by atoms with Crippen LogP contribution in [0.2, 0.25) is 0 Å². The van der Waals surface area contributed by atoms with Crippen LogP contribution in [0.25, 0.3) is 0 Å². The summed E-state index contributed by atoms with van der Waals surface area (Å²) < 4.78 is 5.85. The Kier molecular flexibility index (Phi) is 4.38. The Morgan fingerprint density at radius 1 is 1.33 bits per heavy atom. The Balaban J connectivity index is 2.11. The molecule has 0 saturated heterocycles. The maximum Gasteiger partial charge on any atom is 0.339 e. The van der Waals surface area contributed by atoms with Crippen molar-refractivity contribution in [1.29, 1.82) is 0 Å². The molecule has 3 nitrogen and oxygen atoms in total. The molecule has 2 aromatic rings. The van der Waals surface area contributed by atoms with E-state index in [-0.39, 0.29) is 5.97 Å². The fourth-order valence-electron chi connectivity index (χ4n) is 1.55. The highest BCUT2D eigenvalue weighted by Crippen LogP contribution is 2.24. The molecule has 1 heterocycles. The van der Waals surface area contributed by atoms with Gasteiger partial charge in [-0.2, -0.15) is 0 Å². The third-order valence-electron chi connectivity index (χ3n) is 2.41. The quantitative estimate of drug-likeness (QED) is 0.866. The lowest BCUT2D eigenvalue weighted by atomic mass is 10.2. The summed E-state index contributed by atoms with van der Waals surface area (Å²) in [7, 11) is 1.38. The number of nitrogens with one attached hydrogen (secondary N) is 1. The second-order valence-electron chi connectivity index (χ2n) is 3.60.